The summed E-state index contributed by atoms with van der Waals surface area (Å²) in [5.74, 6) is 0.458. The van der Waals surface area contributed by atoms with Gasteiger partial charge in [-0.2, -0.15) is 8.42 Å². The number of amidine groups is 1. The minimum atomic E-state index is -3.61. The molecule has 1 aromatic rings. The molecular weight excluding hydrogens is 234 g/mol. The molecule has 0 aromatic carbocycles. The summed E-state index contributed by atoms with van der Waals surface area (Å²) >= 11 is 1.27. The summed E-state index contributed by atoms with van der Waals surface area (Å²) in [4.78, 5) is 3.79. The molecule has 15 heavy (non-hydrogen) atoms. The van der Waals surface area contributed by atoms with Gasteiger partial charge in [0.25, 0.3) is 0 Å². The number of fused-ring (bicyclic) bond motifs is 1. The van der Waals surface area contributed by atoms with Crippen LogP contribution < -0.4 is 5.32 Å². The molecule has 5 nitrogen and oxygen atoms in total. The van der Waals surface area contributed by atoms with Gasteiger partial charge in [0.15, 0.2) is 0 Å². The van der Waals surface area contributed by atoms with Crippen LogP contribution in [0.1, 0.15) is 20.8 Å². The van der Waals surface area contributed by atoms with Crippen LogP contribution in [0.5, 0.6) is 0 Å². The summed E-state index contributed by atoms with van der Waals surface area (Å²) in [5.41, 5.74) is 1.17. The van der Waals surface area contributed by atoms with Gasteiger partial charge in [-0.25, -0.2) is 4.98 Å². The molecule has 0 saturated heterocycles. The minimum Gasteiger partial charge on any atom is -0.332 e. The predicted molar refractivity (Wildman–Crippen MR) is 59.8 cm³/mol. The second-order valence-corrected chi connectivity index (χ2v) is 6.65. The highest BCUT2D eigenvalue weighted by molar-refractivity contribution is 7.90. The molecule has 0 saturated carbocycles. The zero-order valence-corrected chi connectivity index (χ0v) is 10.2. The SMILES string of the molecule is CC(C)(C)C1=NS(=O)(=O)c2ncsc2N1. The van der Waals surface area contributed by atoms with E-state index in [9.17, 15) is 8.42 Å². The van der Waals surface area contributed by atoms with Crippen molar-refractivity contribution in [3.05, 3.63) is 5.51 Å². The van der Waals surface area contributed by atoms with Crippen molar-refractivity contribution in [2.45, 2.75) is 25.8 Å². The van der Waals surface area contributed by atoms with E-state index in [1.54, 1.807) is 0 Å². The lowest BCUT2D eigenvalue weighted by atomic mass is 9.95. The molecule has 1 aromatic heterocycles. The Morgan fingerprint density at radius 3 is 2.67 bits per heavy atom. The quantitative estimate of drug-likeness (QED) is 0.755. The summed E-state index contributed by atoms with van der Waals surface area (Å²) in [6, 6.07) is 0. The maximum Gasteiger partial charge on any atom is 0.304 e. The lowest BCUT2D eigenvalue weighted by Gasteiger charge is -2.24. The Morgan fingerprint density at radius 2 is 2.07 bits per heavy atom. The second-order valence-electron chi connectivity index (χ2n) is 4.28. The lowest BCUT2D eigenvalue weighted by molar-refractivity contribution is 0.576. The molecule has 1 aliphatic heterocycles. The van der Waals surface area contributed by atoms with E-state index < -0.39 is 10.0 Å². The predicted octanol–water partition coefficient (Wildman–Crippen LogP) is 1.70. The topological polar surface area (TPSA) is 71.4 Å². The molecule has 0 unspecified atom stereocenters. The monoisotopic (exact) mass is 245 g/mol. The summed E-state index contributed by atoms with van der Waals surface area (Å²) in [5, 5.41) is 3.58. The van der Waals surface area contributed by atoms with Crippen LogP contribution in [-0.4, -0.2) is 19.2 Å². The van der Waals surface area contributed by atoms with Gasteiger partial charge in [-0.1, -0.05) is 20.8 Å². The number of nitrogens with zero attached hydrogens (tertiary/aromatic N) is 2. The van der Waals surface area contributed by atoms with Crippen LogP contribution in [0.15, 0.2) is 14.9 Å². The van der Waals surface area contributed by atoms with Gasteiger partial charge < -0.3 is 5.32 Å². The number of hydrogen-bond acceptors (Lipinski definition) is 5. The summed E-state index contributed by atoms with van der Waals surface area (Å²) in [6.45, 7) is 5.71. The van der Waals surface area contributed by atoms with Crippen LogP contribution >= 0.6 is 11.3 Å². The molecule has 2 heterocycles. The molecule has 7 heteroatoms. The number of hydrogen-bond donors (Lipinski definition) is 1. The van der Waals surface area contributed by atoms with Gasteiger partial charge in [-0.15, -0.1) is 15.7 Å². The molecule has 0 aliphatic carbocycles. The number of nitrogens with one attached hydrogen (secondary N) is 1. The number of thiazole rings is 1. The van der Waals surface area contributed by atoms with E-state index in [0.717, 1.165) is 0 Å². The largest absolute Gasteiger partial charge is 0.332 e. The standard InChI is InChI=1S/C8H11N3O2S2/c1-8(2,3)7-10-5-6(9-4-14-5)15(12,13)11-7/h4H,1-3H3,(H,10,11). The molecule has 0 fully saturated rings. The van der Waals surface area contributed by atoms with Gasteiger partial charge in [-0.3, -0.25) is 0 Å². The molecule has 0 bridgehead atoms. The Kier molecular flexibility index (Phi) is 2.13. The van der Waals surface area contributed by atoms with Crippen molar-refractivity contribution >= 4 is 32.2 Å². The average molecular weight is 245 g/mol. The number of sulfonamides is 1. The summed E-state index contributed by atoms with van der Waals surface area (Å²) < 4.78 is 27.1. The van der Waals surface area contributed by atoms with Crippen molar-refractivity contribution in [3.8, 4) is 0 Å². The van der Waals surface area contributed by atoms with E-state index >= 15 is 0 Å². The highest BCUT2D eigenvalue weighted by atomic mass is 32.2. The maximum atomic E-state index is 11.7. The second kappa shape index (κ2) is 3.02. The van der Waals surface area contributed by atoms with Gasteiger partial charge >= 0.3 is 10.0 Å². The third-order valence-electron chi connectivity index (χ3n) is 1.93. The van der Waals surface area contributed by atoms with Crippen molar-refractivity contribution in [1.82, 2.24) is 4.98 Å². The van der Waals surface area contributed by atoms with Crippen LogP contribution in [0.2, 0.25) is 0 Å². The van der Waals surface area contributed by atoms with Crippen molar-refractivity contribution in [2.75, 3.05) is 5.32 Å². The molecule has 0 amide bonds. The fourth-order valence-corrected chi connectivity index (χ4v) is 3.34. The molecule has 0 spiro atoms. The molecule has 1 aliphatic rings. The number of aromatic nitrogens is 1. The zero-order valence-electron chi connectivity index (χ0n) is 8.60. The van der Waals surface area contributed by atoms with E-state index in [1.807, 2.05) is 20.8 Å². The Balaban J connectivity index is 2.58. The number of anilines is 1. The zero-order chi connectivity index (χ0) is 11.3. The van der Waals surface area contributed by atoms with Gasteiger partial charge in [0, 0.05) is 5.41 Å². The van der Waals surface area contributed by atoms with Crippen molar-refractivity contribution in [1.29, 1.82) is 0 Å². The fraction of sp³-hybridized carbons (Fsp3) is 0.500. The van der Waals surface area contributed by atoms with Crippen LogP contribution in [0, 0.1) is 5.41 Å². The number of rotatable bonds is 0. The summed E-state index contributed by atoms with van der Waals surface area (Å²) in [7, 11) is -3.61. The van der Waals surface area contributed by atoms with E-state index in [4.69, 9.17) is 0 Å². The third-order valence-corrected chi connectivity index (χ3v) is 4.03. The lowest BCUT2D eigenvalue weighted by Crippen LogP contribution is -2.32. The summed E-state index contributed by atoms with van der Waals surface area (Å²) in [6.07, 6.45) is 0. The van der Waals surface area contributed by atoms with Gasteiger partial charge in [0.05, 0.1) is 5.51 Å². The molecule has 0 atom stereocenters. The first-order chi connectivity index (χ1) is 6.81. The van der Waals surface area contributed by atoms with E-state index in [0.29, 0.717) is 10.8 Å². The van der Waals surface area contributed by atoms with E-state index in [2.05, 4.69) is 14.7 Å². The highest BCUT2D eigenvalue weighted by Crippen LogP contribution is 2.33. The maximum absolute atomic E-state index is 11.7. The van der Waals surface area contributed by atoms with Crippen molar-refractivity contribution < 1.29 is 8.42 Å². The van der Waals surface area contributed by atoms with Gasteiger partial charge in [-0.05, 0) is 0 Å². The molecule has 1 N–H and O–H groups in total. The first kappa shape index (κ1) is 10.6. The van der Waals surface area contributed by atoms with Crippen LogP contribution in [-0.2, 0) is 10.0 Å². The molecular formula is C8H11N3O2S2. The Bertz CT molecular complexity index is 522. The first-order valence-corrected chi connectivity index (χ1v) is 6.68. The smallest absolute Gasteiger partial charge is 0.304 e. The Morgan fingerprint density at radius 1 is 1.40 bits per heavy atom. The first-order valence-electron chi connectivity index (χ1n) is 4.37. The van der Waals surface area contributed by atoms with Crippen molar-refractivity contribution in [2.24, 2.45) is 9.81 Å². The third kappa shape index (κ3) is 1.76. The van der Waals surface area contributed by atoms with Crippen LogP contribution in [0.3, 0.4) is 0 Å². The van der Waals surface area contributed by atoms with E-state index in [-0.39, 0.29) is 10.4 Å². The normalized spacial score (nSPS) is 19.0. The van der Waals surface area contributed by atoms with Gasteiger partial charge in [0.1, 0.15) is 10.8 Å². The highest BCUT2D eigenvalue weighted by Gasteiger charge is 2.32. The fourth-order valence-electron chi connectivity index (χ4n) is 1.12. The Labute approximate surface area is 92.3 Å². The average Bonchev–Trinajstić information content (AvgIpc) is 2.49. The molecule has 0 radical (unpaired) electrons. The van der Waals surface area contributed by atoms with E-state index in [1.165, 1.54) is 16.8 Å². The Hall–Kier alpha value is -0.950. The van der Waals surface area contributed by atoms with Crippen LogP contribution in [0.25, 0.3) is 0 Å². The minimum absolute atomic E-state index is 0.0282. The van der Waals surface area contributed by atoms with Crippen molar-refractivity contribution in [3.63, 3.8) is 0 Å². The van der Waals surface area contributed by atoms with Gasteiger partial charge in [0.2, 0.25) is 5.03 Å². The molecule has 82 valence electrons. The molecule has 2 rings (SSSR count). The van der Waals surface area contributed by atoms with Crippen LogP contribution in [0.4, 0.5) is 5.00 Å².